The molecule has 2 amide bonds. The Morgan fingerprint density at radius 1 is 0.893 bits per heavy atom. The summed E-state index contributed by atoms with van der Waals surface area (Å²) >= 11 is 0. The van der Waals surface area contributed by atoms with E-state index in [1.165, 1.54) is 14.2 Å². The lowest BCUT2D eigenvalue weighted by Gasteiger charge is -2.09. The minimum absolute atomic E-state index is 0.00382. The van der Waals surface area contributed by atoms with Crippen molar-refractivity contribution in [2.75, 3.05) is 32.0 Å². The highest BCUT2D eigenvalue weighted by Gasteiger charge is 2.12. The third-order valence-corrected chi connectivity index (χ3v) is 3.81. The molecule has 28 heavy (non-hydrogen) atoms. The molecular weight excluding hydrogens is 364 g/mol. The molecule has 0 saturated carbocycles. The lowest BCUT2D eigenvalue weighted by molar-refractivity contribution is 0.261. The smallest absolute Gasteiger partial charge is 0.327 e. The van der Waals surface area contributed by atoms with Gasteiger partial charge in [0.1, 0.15) is 17.2 Å². The molecule has 0 atom stereocenters. The number of hydrogen-bond donors (Lipinski definition) is 2. The van der Waals surface area contributed by atoms with E-state index in [0.29, 0.717) is 29.5 Å². The fraction of sp³-hybridized carbons (Fsp3) is 0.211. The van der Waals surface area contributed by atoms with E-state index in [0.717, 1.165) is 11.3 Å². The number of amides is 2. The molecule has 0 spiro atoms. The molecule has 3 rings (SSSR count). The third-order valence-electron chi connectivity index (χ3n) is 3.81. The number of nitrogens with zero attached hydrogens (tertiary/aromatic N) is 2. The van der Waals surface area contributed by atoms with Crippen molar-refractivity contribution < 1.29 is 23.4 Å². The first-order valence-electron chi connectivity index (χ1n) is 8.36. The van der Waals surface area contributed by atoms with E-state index in [-0.39, 0.29) is 6.01 Å². The van der Waals surface area contributed by atoms with Crippen LogP contribution in [0.1, 0.15) is 11.5 Å². The van der Waals surface area contributed by atoms with Gasteiger partial charge in [-0.25, -0.2) is 4.79 Å². The van der Waals surface area contributed by atoms with Crippen LogP contribution in [0.25, 0.3) is 0 Å². The van der Waals surface area contributed by atoms with E-state index in [9.17, 15) is 4.79 Å². The van der Waals surface area contributed by atoms with Gasteiger partial charge >= 0.3 is 12.0 Å². The summed E-state index contributed by atoms with van der Waals surface area (Å²) in [5, 5.41) is 12.9. The molecule has 2 aromatic carbocycles. The average molecular weight is 384 g/mol. The second-order valence-corrected chi connectivity index (χ2v) is 5.71. The monoisotopic (exact) mass is 384 g/mol. The quantitative estimate of drug-likeness (QED) is 0.643. The van der Waals surface area contributed by atoms with Gasteiger partial charge in [0, 0.05) is 23.9 Å². The number of hydrogen-bond acceptors (Lipinski definition) is 7. The van der Waals surface area contributed by atoms with E-state index >= 15 is 0 Å². The van der Waals surface area contributed by atoms with Crippen LogP contribution in [0, 0.1) is 0 Å². The number of urea groups is 1. The van der Waals surface area contributed by atoms with Gasteiger partial charge in [0.05, 0.1) is 27.8 Å². The van der Waals surface area contributed by atoms with Gasteiger partial charge in [0.2, 0.25) is 5.89 Å². The maximum absolute atomic E-state index is 12.2. The summed E-state index contributed by atoms with van der Waals surface area (Å²) in [5.74, 6) is 2.24. The number of nitrogens with one attached hydrogen (secondary N) is 2. The van der Waals surface area contributed by atoms with Crippen molar-refractivity contribution in [3.63, 3.8) is 0 Å². The molecule has 0 aliphatic heterocycles. The summed E-state index contributed by atoms with van der Waals surface area (Å²) in [7, 11) is 4.67. The van der Waals surface area contributed by atoms with E-state index in [1.54, 1.807) is 25.3 Å². The normalized spacial score (nSPS) is 10.2. The largest absolute Gasteiger partial charge is 0.497 e. The number of anilines is 2. The number of carbonyl (C=O) groups excluding carboxylic acids is 1. The van der Waals surface area contributed by atoms with Crippen LogP contribution < -0.4 is 24.8 Å². The van der Waals surface area contributed by atoms with Crippen molar-refractivity contribution in [3.8, 4) is 17.2 Å². The fourth-order valence-electron chi connectivity index (χ4n) is 2.43. The Hall–Kier alpha value is -3.75. The topological polar surface area (TPSA) is 108 Å². The molecule has 1 heterocycles. The number of methoxy groups -OCH3 is 3. The Bertz CT molecular complexity index is 918. The summed E-state index contributed by atoms with van der Waals surface area (Å²) < 4.78 is 20.9. The molecule has 146 valence electrons. The van der Waals surface area contributed by atoms with Gasteiger partial charge < -0.3 is 23.9 Å². The first kappa shape index (κ1) is 19.0. The van der Waals surface area contributed by atoms with Crippen molar-refractivity contribution in [2.24, 2.45) is 0 Å². The van der Waals surface area contributed by atoms with Crippen LogP contribution in [0.2, 0.25) is 0 Å². The number of ether oxygens (including phenoxy) is 3. The lowest BCUT2D eigenvalue weighted by atomic mass is 10.1. The van der Waals surface area contributed by atoms with E-state index in [1.807, 2.05) is 24.3 Å². The van der Waals surface area contributed by atoms with Gasteiger partial charge in [-0.15, -0.1) is 5.10 Å². The summed E-state index contributed by atoms with van der Waals surface area (Å²) in [6, 6.07) is 12.0. The minimum atomic E-state index is -0.532. The van der Waals surface area contributed by atoms with Gasteiger partial charge in [-0.05, 0) is 17.7 Å². The lowest BCUT2D eigenvalue weighted by Crippen LogP contribution is -2.19. The fourth-order valence-corrected chi connectivity index (χ4v) is 2.43. The van der Waals surface area contributed by atoms with Crippen molar-refractivity contribution in [1.82, 2.24) is 10.2 Å². The van der Waals surface area contributed by atoms with Crippen LogP contribution in [0.5, 0.6) is 17.2 Å². The molecule has 0 saturated heterocycles. The van der Waals surface area contributed by atoms with Gasteiger partial charge in [-0.1, -0.05) is 17.2 Å². The molecule has 0 bridgehead atoms. The molecule has 1 aromatic heterocycles. The zero-order valence-electron chi connectivity index (χ0n) is 15.7. The zero-order chi connectivity index (χ0) is 19.9. The second kappa shape index (κ2) is 8.76. The molecule has 3 aromatic rings. The zero-order valence-corrected chi connectivity index (χ0v) is 15.7. The summed E-state index contributed by atoms with van der Waals surface area (Å²) in [5.41, 5.74) is 1.47. The predicted molar refractivity (Wildman–Crippen MR) is 102 cm³/mol. The maximum atomic E-state index is 12.2. The van der Waals surface area contributed by atoms with Crippen LogP contribution in [0.4, 0.5) is 16.5 Å². The molecule has 9 heteroatoms. The van der Waals surface area contributed by atoms with Crippen LogP contribution >= 0.6 is 0 Å². The SMILES string of the molecule is COc1ccc(Cc2nnc(NC(=O)Nc3cc(OC)cc(OC)c3)o2)cc1. The molecule has 0 aliphatic rings. The van der Waals surface area contributed by atoms with Crippen molar-refractivity contribution in [3.05, 3.63) is 53.9 Å². The summed E-state index contributed by atoms with van der Waals surface area (Å²) in [4.78, 5) is 12.2. The van der Waals surface area contributed by atoms with Gasteiger partial charge in [0.15, 0.2) is 0 Å². The molecule has 9 nitrogen and oxygen atoms in total. The van der Waals surface area contributed by atoms with Gasteiger partial charge in [0.25, 0.3) is 0 Å². The first-order chi connectivity index (χ1) is 13.6. The van der Waals surface area contributed by atoms with E-state index < -0.39 is 6.03 Å². The second-order valence-electron chi connectivity index (χ2n) is 5.71. The molecule has 0 radical (unpaired) electrons. The maximum Gasteiger partial charge on any atom is 0.327 e. The summed E-state index contributed by atoms with van der Waals surface area (Å²) in [6.07, 6.45) is 0.438. The standard InChI is InChI=1S/C19H20N4O5/c1-25-14-6-4-12(5-7-14)8-17-22-23-19(28-17)21-18(24)20-13-9-15(26-2)11-16(10-13)27-3/h4-7,9-11H,8H2,1-3H3,(H2,20,21,23,24). The van der Waals surface area contributed by atoms with E-state index in [4.69, 9.17) is 18.6 Å². The number of rotatable bonds is 7. The highest BCUT2D eigenvalue weighted by atomic mass is 16.5. The van der Waals surface area contributed by atoms with Crippen LogP contribution in [0.3, 0.4) is 0 Å². The van der Waals surface area contributed by atoms with Gasteiger partial charge in [-0.3, -0.25) is 5.32 Å². The van der Waals surface area contributed by atoms with Crippen molar-refractivity contribution in [1.29, 1.82) is 0 Å². The highest BCUT2D eigenvalue weighted by molar-refractivity contribution is 5.98. The van der Waals surface area contributed by atoms with Crippen LogP contribution in [-0.2, 0) is 6.42 Å². The number of benzene rings is 2. The highest BCUT2D eigenvalue weighted by Crippen LogP contribution is 2.26. The molecule has 0 aliphatic carbocycles. The minimum Gasteiger partial charge on any atom is -0.497 e. The Labute approximate surface area is 161 Å². The summed E-state index contributed by atoms with van der Waals surface area (Å²) in [6.45, 7) is 0. The third kappa shape index (κ3) is 4.91. The Kier molecular flexibility index (Phi) is 5.95. The number of aromatic nitrogens is 2. The first-order valence-corrected chi connectivity index (χ1v) is 8.36. The number of carbonyl (C=O) groups is 1. The average Bonchev–Trinajstić information content (AvgIpc) is 3.14. The Morgan fingerprint density at radius 3 is 2.14 bits per heavy atom. The predicted octanol–water partition coefficient (Wildman–Crippen LogP) is 3.33. The van der Waals surface area contributed by atoms with Gasteiger partial charge in [-0.2, -0.15) is 0 Å². The van der Waals surface area contributed by atoms with Crippen molar-refractivity contribution in [2.45, 2.75) is 6.42 Å². The Balaban J connectivity index is 1.60. The molecular formula is C19H20N4O5. The van der Waals surface area contributed by atoms with Crippen LogP contribution in [0.15, 0.2) is 46.9 Å². The van der Waals surface area contributed by atoms with E-state index in [2.05, 4.69) is 20.8 Å². The molecule has 0 fully saturated rings. The molecule has 0 unspecified atom stereocenters. The Morgan fingerprint density at radius 2 is 1.54 bits per heavy atom. The van der Waals surface area contributed by atoms with Crippen molar-refractivity contribution >= 4 is 17.7 Å². The molecule has 2 N–H and O–H groups in total. The van der Waals surface area contributed by atoms with Crippen LogP contribution in [-0.4, -0.2) is 37.6 Å².